The quantitative estimate of drug-likeness (QED) is 0.147. The molecule has 0 aliphatic rings. The second kappa shape index (κ2) is 13.9. The first-order valence-corrected chi connectivity index (χ1v) is 12.8. The van der Waals surface area contributed by atoms with E-state index in [-0.39, 0.29) is 37.2 Å². The Hall–Kier alpha value is -4.76. The van der Waals surface area contributed by atoms with Crippen LogP contribution in [0.25, 0.3) is 10.9 Å². The molecular weight excluding hydrogens is 533 g/mol. The standard InChI is InChI=1S/C30H27ClFN5O3/c1-2-3-4-8-28(38)33-14-13-29(39)36-22-9-11-26-24(16-22)30(35-19-34-26)37-23-10-12-27(25(31)17-23)40-18-20-6-5-7-21(32)15-20/h2-12,15-17,19H,13-14,18H2,1H3,(H,33,38)(H,36,39)(H,34,35,37)/b3-2+,8-4+. The second-order valence-corrected chi connectivity index (χ2v) is 9.02. The van der Waals surface area contributed by atoms with E-state index in [1.165, 1.54) is 24.5 Å². The summed E-state index contributed by atoms with van der Waals surface area (Å²) >= 11 is 6.43. The molecule has 0 unspecified atom stereocenters. The molecule has 0 atom stereocenters. The van der Waals surface area contributed by atoms with E-state index in [9.17, 15) is 14.0 Å². The molecule has 0 fully saturated rings. The molecule has 4 aromatic rings. The summed E-state index contributed by atoms with van der Waals surface area (Å²) in [6.45, 7) is 2.23. The van der Waals surface area contributed by atoms with Gasteiger partial charge in [0.2, 0.25) is 11.8 Å². The highest BCUT2D eigenvalue weighted by atomic mass is 35.5. The van der Waals surface area contributed by atoms with Gasteiger partial charge in [0.1, 0.15) is 30.3 Å². The van der Waals surface area contributed by atoms with Crippen molar-refractivity contribution >= 4 is 51.5 Å². The van der Waals surface area contributed by atoms with Gasteiger partial charge in [-0.25, -0.2) is 14.4 Å². The fourth-order valence-corrected chi connectivity index (χ4v) is 3.93. The molecule has 0 aliphatic heterocycles. The van der Waals surface area contributed by atoms with Crippen LogP contribution in [0.15, 0.2) is 91.3 Å². The van der Waals surface area contributed by atoms with Crippen LogP contribution < -0.4 is 20.7 Å². The molecule has 3 aromatic carbocycles. The Balaban J connectivity index is 1.39. The highest BCUT2D eigenvalue weighted by molar-refractivity contribution is 6.32. The highest BCUT2D eigenvalue weighted by Gasteiger charge is 2.10. The zero-order valence-electron chi connectivity index (χ0n) is 21.7. The summed E-state index contributed by atoms with van der Waals surface area (Å²) in [4.78, 5) is 32.8. The van der Waals surface area contributed by atoms with Gasteiger partial charge in [-0.3, -0.25) is 9.59 Å². The minimum absolute atomic E-state index is 0.115. The highest BCUT2D eigenvalue weighted by Crippen LogP contribution is 2.31. The lowest BCUT2D eigenvalue weighted by atomic mass is 10.2. The number of amides is 2. The van der Waals surface area contributed by atoms with E-state index in [1.54, 1.807) is 60.7 Å². The van der Waals surface area contributed by atoms with Crippen LogP contribution in [-0.2, 0) is 16.2 Å². The second-order valence-electron chi connectivity index (χ2n) is 8.62. The number of nitrogens with zero attached hydrogens (tertiary/aromatic N) is 2. The van der Waals surface area contributed by atoms with Crippen molar-refractivity contribution in [1.82, 2.24) is 15.3 Å². The fraction of sp³-hybridized carbons (Fsp3) is 0.133. The first-order valence-electron chi connectivity index (χ1n) is 12.5. The monoisotopic (exact) mass is 559 g/mol. The van der Waals surface area contributed by atoms with E-state index in [2.05, 4.69) is 25.9 Å². The molecule has 8 nitrogen and oxygen atoms in total. The summed E-state index contributed by atoms with van der Waals surface area (Å²) in [5.41, 5.74) is 2.60. The van der Waals surface area contributed by atoms with Gasteiger partial charge in [-0.1, -0.05) is 42.0 Å². The van der Waals surface area contributed by atoms with Crippen LogP contribution in [0.2, 0.25) is 5.02 Å². The smallest absolute Gasteiger partial charge is 0.243 e. The largest absolute Gasteiger partial charge is 0.487 e. The summed E-state index contributed by atoms with van der Waals surface area (Å²) in [5.74, 6) is 0.133. The fourth-order valence-electron chi connectivity index (χ4n) is 3.69. The van der Waals surface area contributed by atoms with E-state index in [1.807, 2.05) is 13.0 Å². The number of allylic oxidation sites excluding steroid dienone is 3. The maximum atomic E-state index is 13.4. The first-order chi connectivity index (χ1) is 19.4. The van der Waals surface area contributed by atoms with Gasteiger partial charge in [-0.05, 0) is 61.0 Å². The van der Waals surface area contributed by atoms with E-state index < -0.39 is 0 Å². The van der Waals surface area contributed by atoms with Gasteiger partial charge in [0.05, 0.1) is 10.5 Å². The van der Waals surface area contributed by atoms with Crippen molar-refractivity contribution < 1.29 is 18.7 Å². The summed E-state index contributed by atoms with van der Waals surface area (Å²) in [6, 6.07) is 16.7. The molecule has 0 radical (unpaired) electrons. The van der Waals surface area contributed by atoms with Crippen molar-refractivity contribution in [3.05, 3.63) is 108 Å². The van der Waals surface area contributed by atoms with Crippen molar-refractivity contribution in [2.45, 2.75) is 20.0 Å². The molecule has 4 rings (SSSR count). The number of ether oxygens (including phenoxy) is 1. The maximum absolute atomic E-state index is 13.4. The van der Waals surface area contributed by atoms with Crippen LogP contribution in [0.4, 0.5) is 21.6 Å². The lowest BCUT2D eigenvalue weighted by Gasteiger charge is -2.13. The lowest BCUT2D eigenvalue weighted by Crippen LogP contribution is -2.26. The number of hydrogen-bond acceptors (Lipinski definition) is 6. The molecule has 0 bridgehead atoms. The number of nitrogens with one attached hydrogen (secondary N) is 3. The molecule has 40 heavy (non-hydrogen) atoms. The summed E-state index contributed by atoms with van der Waals surface area (Å²) < 4.78 is 19.2. The summed E-state index contributed by atoms with van der Waals surface area (Å²) in [6.07, 6.45) is 8.14. The number of hydrogen-bond donors (Lipinski definition) is 3. The van der Waals surface area contributed by atoms with Gasteiger partial charge in [0, 0.05) is 35.8 Å². The zero-order valence-corrected chi connectivity index (χ0v) is 22.4. The Labute approximate surface area is 235 Å². The Morgan fingerprint density at radius 3 is 2.67 bits per heavy atom. The zero-order chi connectivity index (χ0) is 28.3. The maximum Gasteiger partial charge on any atom is 0.243 e. The Morgan fingerprint density at radius 2 is 1.88 bits per heavy atom. The van der Waals surface area contributed by atoms with Crippen molar-refractivity contribution in [2.24, 2.45) is 0 Å². The molecule has 0 saturated heterocycles. The molecule has 3 N–H and O–H groups in total. The first kappa shape index (κ1) is 28.3. The van der Waals surface area contributed by atoms with Crippen molar-refractivity contribution in [2.75, 3.05) is 17.2 Å². The van der Waals surface area contributed by atoms with Gasteiger partial charge < -0.3 is 20.7 Å². The molecular formula is C30H27ClFN5O3. The third-order valence-electron chi connectivity index (χ3n) is 5.60. The summed E-state index contributed by atoms with van der Waals surface area (Å²) in [5, 5.41) is 9.79. The van der Waals surface area contributed by atoms with Crippen LogP contribution in [-0.4, -0.2) is 28.3 Å². The van der Waals surface area contributed by atoms with Crippen molar-refractivity contribution in [3.8, 4) is 5.75 Å². The molecule has 0 aliphatic carbocycles. The number of benzene rings is 3. The van der Waals surface area contributed by atoms with E-state index in [4.69, 9.17) is 16.3 Å². The number of carbonyl (C=O) groups excluding carboxylic acids is 2. The van der Waals surface area contributed by atoms with E-state index in [0.29, 0.717) is 44.4 Å². The SMILES string of the molecule is C/C=C/C=C/C(=O)NCCC(=O)Nc1ccc2ncnc(Nc3ccc(OCc4cccc(F)c4)c(Cl)c3)c2c1. The number of carbonyl (C=O) groups is 2. The van der Waals surface area contributed by atoms with Crippen molar-refractivity contribution in [1.29, 1.82) is 0 Å². The third kappa shape index (κ3) is 8.12. The Kier molecular flexibility index (Phi) is 9.79. The van der Waals surface area contributed by atoms with Gasteiger partial charge >= 0.3 is 0 Å². The molecule has 1 heterocycles. The van der Waals surface area contributed by atoms with Crippen LogP contribution >= 0.6 is 11.6 Å². The lowest BCUT2D eigenvalue weighted by molar-refractivity contribution is -0.117. The topological polar surface area (TPSA) is 105 Å². The molecule has 10 heteroatoms. The van der Waals surface area contributed by atoms with Gasteiger partial charge in [0.15, 0.2) is 0 Å². The molecule has 0 spiro atoms. The Morgan fingerprint density at radius 1 is 1.02 bits per heavy atom. The van der Waals surface area contributed by atoms with Crippen LogP contribution in [0, 0.1) is 5.82 Å². The van der Waals surface area contributed by atoms with Crippen molar-refractivity contribution in [3.63, 3.8) is 0 Å². The predicted molar refractivity (Wildman–Crippen MR) is 155 cm³/mol. The minimum atomic E-state index is -0.330. The van der Waals surface area contributed by atoms with Crippen LogP contribution in [0.3, 0.4) is 0 Å². The number of rotatable bonds is 11. The van der Waals surface area contributed by atoms with E-state index >= 15 is 0 Å². The third-order valence-corrected chi connectivity index (χ3v) is 5.89. The number of aromatic nitrogens is 2. The predicted octanol–water partition coefficient (Wildman–Crippen LogP) is 6.32. The van der Waals surface area contributed by atoms with E-state index in [0.717, 1.165) is 0 Å². The summed E-state index contributed by atoms with van der Waals surface area (Å²) in [7, 11) is 0. The number of halogens is 2. The van der Waals surface area contributed by atoms with Gasteiger partial charge in [-0.15, -0.1) is 0 Å². The molecule has 2 amide bonds. The average Bonchev–Trinajstić information content (AvgIpc) is 2.93. The normalized spacial score (nSPS) is 11.2. The number of fused-ring (bicyclic) bond motifs is 1. The Bertz CT molecular complexity index is 1570. The van der Waals surface area contributed by atoms with Crippen LogP contribution in [0.1, 0.15) is 18.9 Å². The average molecular weight is 560 g/mol. The molecule has 1 aromatic heterocycles. The van der Waals surface area contributed by atoms with Gasteiger partial charge in [0.25, 0.3) is 0 Å². The van der Waals surface area contributed by atoms with Gasteiger partial charge in [-0.2, -0.15) is 0 Å². The molecule has 0 saturated carbocycles. The minimum Gasteiger partial charge on any atom is -0.487 e. The number of anilines is 3. The van der Waals surface area contributed by atoms with Crippen LogP contribution in [0.5, 0.6) is 5.75 Å². The molecule has 204 valence electrons.